The zero-order valence-corrected chi connectivity index (χ0v) is 10.1. The van der Waals surface area contributed by atoms with Gasteiger partial charge >= 0.3 is 5.97 Å². The predicted molar refractivity (Wildman–Crippen MR) is 63.7 cm³/mol. The number of rotatable bonds is 4. The third-order valence-electron chi connectivity index (χ3n) is 2.62. The monoisotopic (exact) mass is 255 g/mol. The van der Waals surface area contributed by atoms with E-state index in [1.165, 1.54) is 12.1 Å². The lowest BCUT2D eigenvalue weighted by atomic mass is 10.1. The smallest absolute Gasteiger partial charge is 0.337 e. The molecule has 6 heteroatoms. The first-order valence-corrected chi connectivity index (χ1v) is 6.80. The summed E-state index contributed by atoms with van der Waals surface area (Å²) in [4.78, 5) is 11.0. The number of carboxylic acid groups (broad SMARTS) is 1. The van der Waals surface area contributed by atoms with Gasteiger partial charge in [0.1, 0.15) is 0 Å². The summed E-state index contributed by atoms with van der Waals surface area (Å²) in [5.74, 6) is -1.14. The number of aryl methyl sites for hydroxylation is 1. The predicted octanol–water partition coefficient (Wildman–Crippen LogP) is 1.60. The van der Waals surface area contributed by atoms with Crippen LogP contribution in [0.3, 0.4) is 0 Å². The summed E-state index contributed by atoms with van der Waals surface area (Å²) >= 11 is 0. The summed E-state index contributed by atoms with van der Waals surface area (Å²) in [5.41, 5.74) is 0.890. The summed E-state index contributed by atoms with van der Waals surface area (Å²) in [5, 5.41) is 8.64. The number of nitrogens with one attached hydrogen (secondary N) is 1. The first-order valence-electron chi connectivity index (χ1n) is 5.26. The summed E-state index contributed by atoms with van der Waals surface area (Å²) in [6, 6.07) is 4.61. The molecule has 1 aliphatic carbocycles. The van der Waals surface area contributed by atoms with Gasteiger partial charge in [-0.3, -0.25) is 4.72 Å². The molecule has 0 unspecified atom stereocenters. The van der Waals surface area contributed by atoms with E-state index in [1.54, 1.807) is 13.0 Å². The van der Waals surface area contributed by atoms with E-state index in [4.69, 9.17) is 5.11 Å². The van der Waals surface area contributed by atoms with Crippen molar-refractivity contribution in [3.05, 3.63) is 29.3 Å². The van der Waals surface area contributed by atoms with Crippen LogP contribution in [0.5, 0.6) is 0 Å². The van der Waals surface area contributed by atoms with Crippen LogP contribution in [0.4, 0.5) is 5.69 Å². The van der Waals surface area contributed by atoms with Gasteiger partial charge in [0.05, 0.1) is 16.5 Å². The van der Waals surface area contributed by atoms with Gasteiger partial charge in [0, 0.05) is 0 Å². The van der Waals surface area contributed by atoms with Crippen LogP contribution in [0, 0.1) is 6.92 Å². The molecule has 0 amide bonds. The zero-order valence-electron chi connectivity index (χ0n) is 9.30. The van der Waals surface area contributed by atoms with Crippen molar-refractivity contribution in [1.82, 2.24) is 0 Å². The van der Waals surface area contributed by atoms with Gasteiger partial charge in [-0.05, 0) is 31.9 Å². The topological polar surface area (TPSA) is 83.5 Å². The molecule has 0 atom stereocenters. The van der Waals surface area contributed by atoms with Crippen LogP contribution in [-0.2, 0) is 10.0 Å². The minimum atomic E-state index is -3.42. The van der Waals surface area contributed by atoms with Gasteiger partial charge in [0.2, 0.25) is 10.0 Å². The number of carboxylic acids is 1. The standard InChI is InChI=1S/C11H13NO4S/c1-7-2-5-10(9(6-7)11(13)14)12-17(15,16)8-3-4-8/h2,5-6,8,12H,3-4H2,1H3,(H,13,14). The third-order valence-corrected chi connectivity index (χ3v) is 4.47. The Hall–Kier alpha value is -1.56. The fourth-order valence-corrected chi connectivity index (χ4v) is 2.95. The molecule has 0 spiro atoms. The second-order valence-corrected chi connectivity index (χ2v) is 6.16. The molecule has 1 aliphatic rings. The van der Waals surface area contributed by atoms with Crippen LogP contribution in [0.2, 0.25) is 0 Å². The van der Waals surface area contributed by atoms with Gasteiger partial charge in [-0.2, -0.15) is 0 Å². The number of benzene rings is 1. The minimum absolute atomic E-state index is 0.0192. The van der Waals surface area contributed by atoms with Crippen molar-refractivity contribution in [3.8, 4) is 0 Å². The van der Waals surface area contributed by atoms with Crippen molar-refractivity contribution >= 4 is 21.7 Å². The lowest BCUT2D eigenvalue weighted by Gasteiger charge is -2.10. The van der Waals surface area contributed by atoms with Gasteiger partial charge in [-0.25, -0.2) is 13.2 Å². The van der Waals surface area contributed by atoms with Crippen molar-refractivity contribution in [1.29, 1.82) is 0 Å². The SMILES string of the molecule is Cc1ccc(NS(=O)(=O)C2CC2)c(C(=O)O)c1. The van der Waals surface area contributed by atoms with Gasteiger partial charge in [0.25, 0.3) is 0 Å². The summed E-state index contributed by atoms with van der Waals surface area (Å²) < 4.78 is 25.8. The van der Waals surface area contributed by atoms with E-state index in [0.29, 0.717) is 12.8 Å². The van der Waals surface area contributed by atoms with Gasteiger partial charge in [-0.1, -0.05) is 11.6 Å². The first kappa shape index (κ1) is 11.9. The lowest BCUT2D eigenvalue weighted by molar-refractivity contribution is 0.0698. The normalized spacial score (nSPS) is 15.6. The summed E-state index contributed by atoms with van der Waals surface area (Å²) in [6.07, 6.45) is 1.28. The first-order chi connectivity index (χ1) is 7.90. The fourth-order valence-electron chi connectivity index (χ4n) is 1.54. The second-order valence-electron chi connectivity index (χ2n) is 4.20. The van der Waals surface area contributed by atoms with E-state index >= 15 is 0 Å². The Morgan fingerprint density at radius 3 is 2.59 bits per heavy atom. The maximum Gasteiger partial charge on any atom is 0.337 e. The molecule has 92 valence electrons. The number of sulfonamides is 1. The Balaban J connectivity index is 2.35. The van der Waals surface area contributed by atoms with Crippen LogP contribution < -0.4 is 4.72 Å². The van der Waals surface area contributed by atoms with Gasteiger partial charge in [0.15, 0.2) is 0 Å². The molecule has 5 nitrogen and oxygen atoms in total. The molecule has 17 heavy (non-hydrogen) atoms. The Labute approximate surface area is 99.5 Å². The number of hydrogen-bond acceptors (Lipinski definition) is 3. The number of carbonyl (C=O) groups is 1. The highest BCUT2D eigenvalue weighted by molar-refractivity contribution is 7.93. The molecule has 1 saturated carbocycles. The number of anilines is 1. The van der Waals surface area contributed by atoms with Crippen LogP contribution in [0.1, 0.15) is 28.8 Å². The van der Waals surface area contributed by atoms with E-state index in [2.05, 4.69) is 4.72 Å². The largest absolute Gasteiger partial charge is 0.478 e. The van der Waals surface area contributed by atoms with Crippen molar-refractivity contribution in [3.63, 3.8) is 0 Å². The molecule has 1 aromatic carbocycles. The van der Waals surface area contributed by atoms with Crippen molar-refractivity contribution in [2.75, 3.05) is 4.72 Å². The molecule has 2 rings (SSSR count). The number of hydrogen-bond donors (Lipinski definition) is 2. The van der Waals surface area contributed by atoms with Crippen LogP contribution in [0.25, 0.3) is 0 Å². The van der Waals surface area contributed by atoms with Crippen LogP contribution in [-0.4, -0.2) is 24.7 Å². The van der Waals surface area contributed by atoms with Crippen molar-refractivity contribution in [2.45, 2.75) is 25.0 Å². The Morgan fingerprint density at radius 1 is 1.41 bits per heavy atom. The maximum atomic E-state index is 11.7. The van der Waals surface area contributed by atoms with Crippen molar-refractivity contribution in [2.24, 2.45) is 0 Å². The van der Waals surface area contributed by atoms with E-state index < -0.39 is 16.0 Å². The lowest BCUT2D eigenvalue weighted by Crippen LogP contribution is -2.19. The van der Waals surface area contributed by atoms with E-state index in [0.717, 1.165) is 5.56 Å². The molecule has 0 aromatic heterocycles. The quantitative estimate of drug-likeness (QED) is 0.856. The molecule has 1 aromatic rings. The summed E-state index contributed by atoms with van der Waals surface area (Å²) in [6.45, 7) is 1.76. The average Bonchev–Trinajstić information content (AvgIpc) is 3.03. The molecule has 2 N–H and O–H groups in total. The number of aromatic carboxylic acids is 1. The second kappa shape index (κ2) is 4.03. The Morgan fingerprint density at radius 2 is 2.06 bits per heavy atom. The Kier molecular flexibility index (Phi) is 2.82. The van der Waals surface area contributed by atoms with E-state index in [-0.39, 0.29) is 16.5 Å². The molecule has 0 aliphatic heterocycles. The fraction of sp³-hybridized carbons (Fsp3) is 0.364. The Bertz CT molecular complexity index is 561. The van der Waals surface area contributed by atoms with Crippen LogP contribution in [0.15, 0.2) is 18.2 Å². The molecule has 1 fully saturated rings. The average molecular weight is 255 g/mol. The zero-order chi connectivity index (χ0) is 12.6. The molecule has 0 bridgehead atoms. The molecular formula is C11H13NO4S. The van der Waals surface area contributed by atoms with Gasteiger partial charge < -0.3 is 5.11 Å². The highest BCUT2D eigenvalue weighted by Crippen LogP contribution is 2.30. The maximum absolute atomic E-state index is 11.7. The molecular weight excluding hydrogens is 242 g/mol. The minimum Gasteiger partial charge on any atom is -0.478 e. The molecule has 0 heterocycles. The van der Waals surface area contributed by atoms with E-state index in [1.807, 2.05) is 0 Å². The highest BCUT2D eigenvalue weighted by Gasteiger charge is 2.36. The molecule has 0 saturated heterocycles. The van der Waals surface area contributed by atoms with E-state index in [9.17, 15) is 13.2 Å². The highest BCUT2D eigenvalue weighted by atomic mass is 32.2. The van der Waals surface area contributed by atoms with Crippen LogP contribution >= 0.6 is 0 Å². The summed E-state index contributed by atoms with van der Waals surface area (Å²) in [7, 11) is -3.42. The van der Waals surface area contributed by atoms with Gasteiger partial charge in [-0.15, -0.1) is 0 Å². The third kappa shape index (κ3) is 2.58. The van der Waals surface area contributed by atoms with Crippen molar-refractivity contribution < 1.29 is 18.3 Å². The molecule has 0 radical (unpaired) electrons.